The summed E-state index contributed by atoms with van der Waals surface area (Å²) in [4.78, 5) is 11.6. The molecule has 0 unspecified atom stereocenters. The van der Waals surface area contributed by atoms with Crippen LogP contribution in [0.3, 0.4) is 0 Å². The summed E-state index contributed by atoms with van der Waals surface area (Å²) in [5.74, 6) is 0.311. The maximum absolute atomic E-state index is 11.6. The second-order valence-corrected chi connectivity index (χ2v) is 5.94. The van der Waals surface area contributed by atoms with Gasteiger partial charge in [-0.05, 0) is 53.0 Å². The zero-order chi connectivity index (χ0) is 13.1. The van der Waals surface area contributed by atoms with Gasteiger partial charge in [-0.15, -0.1) is 0 Å². The van der Waals surface area contributed by atoms with Gasteiger partial charge in [0.15, 0.2) is 0 Å². The molecule has 1 saturated carbocycles. The van der Waals surface area contributed by atoms with Gasteiger partial charge in [0, 0.05) is 12.5 Å². The van der Waals surface area contributed by atoms with Crippen molar-refractivity contribution in [1.29, 1.82) is 5.41 Å². The predicted molar refractivity (Wildman–Crippen MR) is 68.4 cm³/mol. The predicted octanol–water partition coefficient (Wildman–Crippen LogP) is 2.13. The lowest BCUT2D eigenvalue weighted by atomic mass is 10.1. The van der Waals surface area contributed by atoms with Crippen LogP contribution in [0.15, 0.2) is 0 Å². The molecule has 17 heavy (non-hydrogen) atoms. The van der Waals surface area contributed by atoms with Gasteiger partial charge in [0.05, 0.1) is 0 Å². The largest absolute Gasteiger partial charge is 0.456 e. The number of nitrogens with one attached hydrogen (secondary N) is 2. The summed E-state index contributed by atoms with van der Waals surface area (Å²) < 4.78 is 5.15. The van der Waals surface area contributed by atoms with E-state index >= 15 is 0 Å². The van der Waals surface area contributed by atoms with Gasteiger partial charge in [-0.25, -0.2) is 4.79 Å². The van der Waals surface area contributed by atoms with Gasteiger partial charge in [0.2, 0.25) is 0 Å². The average molecular weight is 240 g/mol. The summed E-state index contributed by atoms with van der Waals surface area (Å²) in [7, 11) is 0. The number of hydrogen-bond donors (Lipinski definition) is 2. The van der Waals surface area contributed by atoms with Crippen molar-refractivity contribution >= 4 is 11.7 Å². The van der Waals surface area contributed by atoms with E-state index in [4.69, 9.17) is 10.1 Å². The van der Waals surface area contributed by atoms with Crippen molar-refractivity contribution in [1.82, 2.24) is 5.32 Å². The molecule has 0 aliphatic heterocycles. The monoisotopic (exact) mass is 240 g/mol. The average Bonchev–Trinajstić information content (AvgIpc) is 2.95. The van der Waals surface area contributed by atoms with Crippen LogP contribution < -0.4 is 5.32 Å². The molecule has 4 nitrogen and oxygen atoms in total. The van der Waals surface area contributed by atoms with Crippen LogP contribution in [0.25, 0.3) is 0 Å². The van der Waals surface area contributed by atoms with Gasteiger partial charge in [-0.3, -0.25) is 5.41 Å². The van der Waals surface area contributed by atoms with Gasteiger partial charge >= 0.3 is 5.97 Å². The third-order valence-electron chi connectivity index (χ3n) is 2.61. The highest BCUT2D eigenvalue weighted by atomic mass is 16.6. The summed E-state index contributed by atoms with van der Waals surface area (Å²) in [6.07, 6.45) is 3.05. The van der Waals surface area contributed by atoms with E-state index in [1.54, 1.807) is 0 Å². The molecule has 0 amide bonds. The molecule has 98 valence electrons. The van der Waals surface area contributed by atoms with Gasteiger partial charge in [-0.1, -0.05) is 0 Å². The molecule has 0 spiro atoms. The molecular formula is C13H24N2O2. The highest BCUT2D eigenvalue weighted by Crippen LogP contribution is 2.27. The van der Waals surface area contributed by atoms with Gasteiger partial charge < -0.3 is 10.1 Å². The lowest BCUT2D eigenvalue weighted by Crippen LogP contribution is -2.34. The van der Waals surface area contributed by atoms with E-state index in [2.05, 4.69) is 5.32 Å². The Morgan fingerprint density at radius 3 is 2.53 bits per heavy atom. The van der Waals surface area contributed by atoms with Crippen LogP contribution >= 0.6 is 0 Å². The summed E-state index contributed by atoms with van der Waals surface area (Å²) >= 11 is 0. The molecule has 1 atom stereocenters. The van der Waals surface area contributed by atoms with E-state index in [0.717, 1.165) is 12.5 Å². The number of carbonyl (C=O) groups excluding carboxylic acids is 1. The Kier molecular flexibility index (Phi) is 4.69. The first-order valence-corrected chi connectivity index (χ1v) is 6.32. The molecule has 1 rings (SSSR count). The van der Waals surface area contributed by atoms with Crippen molar-refractivity contribution in [2.45, 2.75) is 58.6 Å². The van der Waals surface area contributed by atoms with E-state index in [-0.39, 0.29) is 11.8 Å². The molecule has 0 aromatic rings. The summed E-state index contributed by atoms with van der Waals surface area (Å²) in [6.45, 7) is 8.44. The van der Waals surface area contributed by atoms with E-state index < -0.39 is 11.6 Å². The van der Waals surface area contributed by atoms with Crippen LogP contribution in [0.5, 0.6) is 0 Å². The van der Waals surface area contributed by atoms with Gasteiger partial charge in [0.25, 0.3) is 0 Å². The molecule has 1 fully saturated rings. The minimum Gasteiger partial charge on any atom is -0.456 e. The van der Waals surface area contributed by atoms with Crippen LogP contribution in [0.2, 0.25) is 0 Å². The van der Waals surface area contributed by atoms with Crippen molar-refractivity contribution in [3.63, 3.8) is 0 Å². The molecule has 0 aromatic carbocycles. The third-order valence-corrected chi connectivity index (χ3v) is 2.61. The maximum atomic E-state index is 11.6. The first-order chi connectivity index (χ1) is 7.78. The zero-order valence-corrected chi connectivity index (χ0v) is 11.3. The standard InChI is InChI=1S/C13H24N2O2/c1-9(15-8-10-5-6-10)7-11(14)12(16)17-13(2,3)4/h9-10,14-15H,5-8H2,1-4H3/t9-/m0/s1. The molecule has 0 heterocycles. The van der Waals surface area contributed by atoms with E-state index in [0.29, 0.717) is 6.42 Å². The Bertz CT molecular complexity index is 290. The van der Waals surface area contributed by atoms with Crippen LogP contribution in [0.1, 0.15) is 47.0 Å². The lowest BCUT2D eigenvalue weighted by Gasteiger charge is -2.20. The molecule has 0 aromatic heterocycles. The fraction of sp³-hybridized carbons (Fsp3) is 0.846. The zero-order valence-electron chi connectivity index (χ0n) is 11.3. The summed E-state index contributed by atoms with van der Waals surface area (Å²) in [5.41, 5.74) is -0.468. The highest BCUT2D eigenvalue weighted by Gasteiger charge is 2.23. The molecule has 1 aliphatic carbocycles. The molecular weight excluding hydrogens is 216 g/mol. The van der Waals surface area contributed by atoms with Crippen LogP contribution in [0.4, 0.5) is 0 Å². The van der Waals surface area contributed by atoms with Crippen LogP contribution in [-0.2, 0) is 9.53 Å². The smallest absolute Gasteiger partial charge is 0.352 e. The maximum Gasteiger partial charge on any atom is 0.352 e. The van der Waals surface area contributed by atoms with E-state index in [9.17, 15) is 4.79 Å². The minimum atomic E-state index is -0.520. The Morgan fingerprint density at radius 1 is 1.47 bits per heavy atom. The molecule has 0 bridgehead atoms. The number of ether oxygens (including phenoxy) is 1. The van der Waals surface area contributed by atoms with E-state index in [1.807, 2.05) is 27.7 Å². The molecule has 0 radical (unpaired) electrons. The topological polar surface area (TPSA) is 62.2 Å². The molecule has 2 N–H and O–H groups in total. The summed E-state index contributed by atoms with van der Waals surface area (Å²) in [5, 5.41) is 11.0. The Morgan fingerprint density at radius 2 is 2.06 bits per heavy atom. The fourth-order valence-electron chi connectivity index (χ4n) is 1.49. The summed E-state index contributed by atoms with van der Waals surface area (Å²) in [6, 6.07) is 0.163. The fourth-order valence-corrected chi connectivity index (χ4v) is 1.49. The Hall–Kier alpha value is -0.900. The molecule has 0 saturated heterocycles. The Balaban J connectivity index is 2.24. The Labute approximate surface area is 104 Å². The van der Waals surface area contributed by atoms with Crippen molar-refractivity contribution in [3.05, 3.63) is 0 Å². The van der Waals surface area contributed by atoms with Crippen molar-refractivity contribution in [2.75, 3.05) is 6.54 Å². The normalized spacial score (nSPS) is 17.6. The lowest BCUT2D eigenvalue weighted by molar-refractivity contribution is -0.146. The highest BCUT2D eigenvalue weighted by molar-refractivity contribution is 6.35. The molecule has 1 aliphatic rings. The second-order valence-electron chi connectivity index (χ2n) is 5.94. The van der Waals surface area contributed by atoms with Crippen LogP contribution in [0, 0.1) is 11.3 Å². The number of carbonyl (C=O) groups is 1. The van der Waals surface area contributed by atoms with Crippen molar-refractivity contribution in [2.24, 2.45) is 5.92 Å². The van der Waals surface area contributed by atoms with Gasteiger partial charge in [0.1, 0.15) is 11.3 Å². The first kappa shape index (κ1) is 14.2. The SMILES string of the molecule is C[C@@H](CC(=N)C(=O)OC(C)(C)C)NCC1CC1. The third kappa shape index (κ3) is 6.41. The quantitative estimate of drug-likeness (QED) is 0.552. The molecule has 4 heteroatoms. The number of hydrogen-bond acceptors (Lipinski definition) is 4. The number of esters is 1. The van der Waals surface area contributed by atoms with Gasteiger partial charge in [-0.2, -0.15) is 0 Å². The van der Waals surface area contributed by atoms with Crippen LogP contribution in [-0.4, -0.2) is 29.9 Å². The van der Waals surface area contributed by atoms with Crippen molar-refractivity contribution < 1.29 is 9.53 Å². The second kappa shape index (κ2) is 5.63. The first-order valence-electron chi connectivity index (χ1n) is 6.32. The van der Waals surface area contributed by atoms with Crippen molar-refractivity contribution in [3.8, 4) is 0 Å². The van der Waals surface area contributed by atoms with E-state index in [1.165, 1.54) is 12.8 Å². The minimum absolute atomic E-state index is 0.0516. The number of rotatable bonds is 6.